The second-order valence-corrected chi connectivity index (χ2v) is 28.6. The van der Waals surface area contributed by atoms with Crippen molar-refractivity contribution in [2.75, 3.05) is 14.2 Å². The fraction of sp³-hybridized carbons (Fsp3) is 0.912. The van der Waals surface area contributed by atoms with Crippen molar-refractivity contribution >= 4 is 29.8 Å². The van der Waals surface area contributed by atoms with Crippen LogP contribution in [-0.2, 0) is 76.1 Å². The van der Waals surface area contributed by atoms with Crippen molar-refractivity contribution in [2.45, 2.75) is 314 Å². The summed E-state index contributed by atoms with van der Waals surface area (Å²) in [5.74, 6) is -25.1. The average Bonchev–Trinajstić information content (AvgIpc) is 2.38. The Bertz CT molecular complexity index is 2920. The van der Waals surface area contributed by atoms with E-state index in [1.807, 2.05) is 0 Å². The van der Waals surface area contributed by atoms with Crippen molar-refractivity contribution in [1.82, 2.24) is 0 Å². The minimum atomic E-state index is -3.39. The van der Waals surface area contributed by atoms with Gasteiger partial charge in [-0.15, -0.1) is 0 Å². The van der Waals surface area contributed by atoms with E-state index in [9.17, 15) is 101 Å². The predicted molar refractivity (Wildman–Crippen MR) is 294 cm³/mol. The Labute approximate surface area is 509 Å². The number of carboxylic acid groups (broad SMARTS) is 5. The molecule has 510 valence electrons. The van der Waals surface area contributed by atoms with Gasteiger partial charge in [0.25, 0.3) is 0 Å². The summed E-state index contributed by atoms with van der Waals surface area (Å²) in [6, 6.07) is 0. The summed E-state index contributed by atoms with van der Waals surface area (Å²) >= 11 is 0. The number of rotatable bonds is 15. The van der Waals surface area contributed by atoms with Crippen LogP contribution < -0.4 is 0 Å². The lowest BCUT2D eigenvalue weighted by Crippen LogP contribution is -2.93. The van der Waals surface area contributed by atoms with Crippen LogP contribution in [0, 0.1) is 0 Å². The number of hydrogen-bond acceptors (Lipinski definition) is 26. The van der Waals surface area contributed by atoms with Crippen LogP contribution in [0.5, 0.6) is 0 Å². The standard InChI is InChI=1S/C57H96O31/c1-33(28(58)59)48(16,78-26)38(6,68)44(12,74)54(22,81-33)86-50(18)35(3,30(62)63)83-56(24,46(14,76)40(50,8)70)88-52(20)37(5,32(66)67)84-57(25,47(15,77)42(52,10)72)87-51(19)36(4,31(64)65)82-55(23,45(13,75)41(51,9)71)85-49(17)34(2,29(60)61)80-53(21,79-27)43(11,73)39(49,7)69/h68-77H,1-27H3,(H,58,59)(H,60,61)(H,62,63)(H,64,65)(H,66,67)/t33?,34?,35-,36-,37?,38-,39-,40?,41?,42+,43?,44?,45?,46?,47?,48+,49+,50+,51+,52+,53+,54-,55-,56-,57-/m0/s1. The fourth-order valence-electron chi connectivity index (χ4n) is 14.5. The molecule has 31 heteroatoms. The first-order valence-electron chi connectivity index (χ1n) is 28.0. The van der Waals surface area contributed by atoms with E-state index in [-0.39, 0.29) is 0 Å². The predicted octanol–water partition coefficient (Wildman–Crippen LogP) is -0.402. The number of aliphatic carboxylic acids is 5. The molecule has 0 saturated carbocycles. The number of ether oxygens (including phenoxy) is 11. The molecule has 5 saturated heterocycles. The Balaban J connectivity index is 1.73. The molecule has 15 N–H and O–H groups in total. The molecule has 5 fully saturated rings. The van der Waals surface area contributed by atoms with Crippen molar-refractivity contribution in [3.63, 3.8) is 0 Å². The second kappa shape index (κ2) is 19.1. The van der Waals surface area contributed by atoms with Crippen molar-refractivity contribution in [1.29, 1.82) is 0 Å². The molecule has 31 nitrogen and oxygen atoms in total. The molecule has 88 heavy (non-hydrogen) atoms. The zero-order valence-corrected chi connectivity index (χ0v) is 55.2. The van der Waals surface area contributed by atoms with Gasteiger partial charge in [0.1, 0.15) is 84.0 Å². The minimum absolute atomic E-state index is 0.711. The number of hydrogen-bond donors (Lipinski definition) is 15. The summed E-state index contributed by atoms with van der Waals surface area (Å²) in [6.07, 6.45) is 0. The summed E-state index contributed by atoms with van der Waals surface area (Å²) in [6.45, 7) is 21.3. The van der Waals surface area contributed by atoms with Gasteiger partial charge in [0, 0.05) is 14.2 Å². The molecule has 0 amide bonds. The minimum Gasteiger partial charge on any atom is -0.479 e. The number of methoxy groups -OCH3 is 2. The first-order chi connectivity index (χ1) is 38.2. The first-order valence-corrected chi connectivity index (χ1v) is 28.0. The molecule has 0 aliphatic carbocycles. The second-order valence-electron chi connectivity index (χ2n) is 28.6. The van der Waals surface area contributed by atoms with Gasteiger partial charge in [-0.2, -0.15) is 0 Å². The average molecular weight is 1280 g/mol. The molecule has 0 aromatic carbocycles. The van der Waals surface area contributed by atoms with E-state index >= 15 is 0 Å². The Morgan fingerprint density at radius 3 is 0.511 bits per heavy atom. The van der Waals surface area contributed by atoms with E-state index in [0.29, 0.717) is 6.92 Å². The Morgan fingerprint density at radius 2 is 0.364 bits per heavy atom. The highest BCUT2D eigenvalue weighted by Gasteiger charge is 2.89. The van der Waals surface area contributed by atoms with Gasteiger partial charge in [-0.1, -0.05) is 0 Å². The maximum atomic E-state index is 14.2. The highest BCUT2D eigenvalue weighted by Crippen LogP contribution is 2.68. The van der Waals surface area contributed by atoms with Crippen LogP contribution >= 0.6 is 0 Å². The molecule has 5 aliphatic heterocycles. The molecule has 0 aromatic rings. The molecule has 25 atom stereocenters. The maximum Gasteiger partial charge on any atom is 0.338 e. The van der Waals surface area contributed by atoms with E-state index in [2.05, 4.69) is 0 Å². The third-order valence-corrected chi connectivity index (χ3v) is 24.8. The van der Waals surface area contributed by atoms with Crippen LogP contribution in [0.1, 0.15) is 173 Å². The zero-order valence-electron chi connectivity index (χ0n) is 55.2. The summed E-state index contributed by atoms with van der Waals surface area (Å²) in [4.78, 5) is 69.0. The van der Waals surface area contributed by atoms with Crippen molar-refractivity contribution in [3.8, 4) is 0 Å². The monoisotopic (exact) mass is 1280 g/mol. The van der Waals surface area contributed by atoms with Crippen molar-refractivity contribution < 1.29 is 153 Å². The quantitative estimate of drug-likeness (QED) is 0.0992. The third-order valence-electron chi connectivity index (χ3n) is 24.8. The number of aliphatic hydroxyl groups is 10. The van der Waals surface area contributed by atoms with E-state index in [4.69, 9.17) is 52.1 Å². The number of carbonyl (C=O) groups is 5. The van der Waals surface area contributed by atoms with E-state index in [1.165, 1.54) is 0 Å². The summed E-state index contributed by atoms with van der Waals surface area (Å²) in [5.41, 5.74) is -61.4. The van der Waals surface area contributed by atoms with Gasteiger partial charge in [-0.3, -0.25) is 0 Å². The Kier molecular flexibility index (Phi) is 16.3. The molecule has 10 unspecified atom stereocenters. The van der Waals surface area contributed by atoms with Gasteiger partial charge >= 0.3 is 29.8 Å². The zero-order chi connectivity index (χ0) is 70.2. The molecule has 0 bridgehead atoms. The van der Waals surface area contributed by atoms with Gasteiger partial charge in [0.05, 0.1) is 0 Å². The maximum absolute atomic E-state index is 14.2. The van der Waals surface area contributed by atoms with Gasteiger partial charge in [-0.25, -0.2) is 24.0 Å². The van der Waals surface area contributed by atoms with Crippen molar-refractivity contribution in [3.05, 3.63) is 0 Å². The normalized spacial score (nSPS) is 59.2. The summed E-state index contributed by atoms with van der Waals surface area (Å²) in [5, 5.41) is 184. The fourth-order valence-corrected chi connectivity index (χ4v) is 14.5. The molecule has 5 aliphatic rings. The molecule has 0 aromatic heterocycles. The van der Waals surface area contributed by atoms with Crippen molar-refractivity contribution in [2.24, 2.45) is 0 Å². The summed E-state index contributed by atoms with van der Waals surface area (Å²) in [7, 11) is 2.04. The highest BCUT2D eigenvalue weighted by atomic mass is 16.8. The van der Waals surface area contributed by atoms with E-state index in [0.717, 1.165) is 180 Å². The smallest absolute Gasteiger partial charge is 0.338 e. The molecule has 0 spiro atoms. The van der Waals surface area contributed by atoms with Gasteiger partial charge < -0.3 is 129 Å². The molecule has 5 rings (SSSR count). The summed E-state index contributed by atoms with van der Waals surface area (Å²) < 4.78 is 67.7. The number of carboxylic acids is 5. The molecule has 5 heterocycles. The largest absolute Gasteiger partial charge is 0.479 e. The van der Waals surface area contributed by atoms with Gasteiger partial charge in [-0.05, 0) is 173 Å². The SMILES string of the molecule is CO[C@]1(C)OC(C)(C(=O)O)[C@@](C)(O[C@]2(C)O[C@@](C)(C(=O)O)[C@@](C)(O[C@]3(C)OC(C)(C(=O)O)[C@@](C)(O[C@]4(C)O[C@@](C)(C(=O)O)[C@@](C)(O[C@]5(C)OC(C)(C(=O)O)[C@@](C)(OC)[C@@](C)(O)C5(C)O)C(C)(O)C4(C)O)[C@](C)(O)C3(C)O)C(C)(O)C2(C)O)[C@@](C)(O)C1(C)O. The lowest BCUT2D eigenvalue weighted by molar-refractivity contribution is -0.544. The van der Waals surface area contributed by atoms with E-state index < -0.39 is 171 Å². The van der Waals surface area contributed by atoms with Crippen LogP contribution in [0.15, 0.2) is 0 Å². The van der Waals surface area contributed by atoms with E-state index in [1.54, 1.807) is 0 Å². The molecular formula is C57H96O31. The molecule has 0 radical (unpaired) electrons. The lowest BCUT2D eigenvalue weighted by atomic mass is 9.57. The highest BCUT2D eigenvalue weighted by molar-refractivity contribution is 5.83. The third kappa shape index (κ3) is 7.72. The Hall–Kier alpha value is -3.49. The van der Waals surface area contributed by atoms with Crippen LogP contribution in [0.4, 0.5) is 0 Å². The van der Waals surface area contributed by atoms with Gasteiger partial charge in [0.15, 0.2) is 56.9 Å². The van der Waals surface area contributed by atoms with Crippen LogP contribution in [-0.4, -0.2) is 262 Å². The topological polar surface area (TPSA) is 490 Å². The van der Waals surface area contributed by atoms with Crippen LogP contribution in [0.25, 0.3) is 0 Å². The lowest BCUT2D eigenvalue weighted by Gasteiger charge is -2.73. The van der Waals surface area contributed by atoms with Crippen LogP contribution in [0.3, 0.4) is 0 Å². The Morgan fingerprint density at radius 1 is 0.227 bits per heavy atom. The van der Waals surface area contributed by atoms with Crippen LogP contribution in [0.2, 0.25) is 0 Å². The molecular weight excluding hydrogens is 1180 g/mol. The first kappa shape index (κ1) is 75.2. The van der Waals surface area contributed by atoms with Gasteiger partial charge in [0.2, 0.25) is 0 Å².